The van der Waals surface area contributed by atoms with Crippen LogP contribution >= 0.6 is 0 Å². The van der Waals surface area contributed by atoms with Crippen molar-refractivity contribution in [2.24, 2.45) is 0 Å². The van der Waals surface area contributed by atoms with Gasteiger partial charge in [-0.2, -0.15) is 0 Å². The van der Waals surface area contributed by atoms with Gasteiger partial charge in [0.05, 0.1) is 13.7 Å². The number of aliphatic hydroxyl groups is 1. The molecule has 7 nitrogen and oxygen atoms in total. The van der Waals surface area contributed by atoms with E-state index in [1.165, 1.54) is 37.7 Å². The highest BCUT2D eigenvalue weighted by molar-refractivity contribution is 5.43. The van der Waals surface area contributed by atoms with E-state index < -0.39 is 6.10 Å². The molecule has 1 N–H and O–H groups in total. The fraction of sp³-hybridized carbons (Fsp3) is 0.760. The number of benzene rings is 1. The lowest BCUT2D eigenvalue weighted by Gasteiger charge is -2.34. The lowest BCUT2D eigenvalue weighted by Crippen LogP contribution is -2.46. The molecule has 7 heteroatoms. The first-order valence-corrected chi connectivity index (χ1v) is 12.2. The third-order valence-corrected chi connectivity index (χ3v) is 6.84. The third-order valence-electron chi connectivity index (χ3n) is 6.84. The Morgan fingerprint density at radius 3 is 2.44 bits per heavy atom. The van der Waals surface area contributed by atoms with Crippen molar-refractivity contribution in [1.82, 2.24) is 14.7 Å². The highest BCUT2D eigenvalue weighted by Crippen LogP contribution is 2.29. The highest BCUT2D eigenvalue weighted by Gasteiger charge is 2.21. The molecule has 1 aromatic carbocycles. The maximum Gasteiger partial charge on any atom is 0.161 e. The first-order valence-electron chi connectivity index (χ1n) is 12.2. The minimum Gasteiger partial charge on any atom is -0.493 e. The van der Waals surface area contributed by atoms with Gasteiger partial charge in [0.15, 0.2) is 11.5 Å². The molecule has 1 aromatic rings. The minimum atomic E-state index is -0.513. The minimum absolute atomic E-state index is 0.274. The van der Waals surface area contributed by atoms with Crippen LogP contribution in [0.15, 0.2) is 18.2 Å². The van der Waals surface area contributed by atoms with Crippen LogP contribution in [0.2, 0.25) is 0 Å². The molecular weight excluding hydrogens is 406 g/mol. The van der Waals surface area contributed by atoms with Crippen molar-refractivity contribution in [3.63, 3.8) is 0 Å². The molecule has 0 aromatic heterocycles. The number of ether oxygens (including phenoxy) is 3. The first kappa shape index (κ1) is 25.2. The van der Waals surface area contributed by atoms with E-state index in [1.54, 1.807) is 14.2 Å². The van der Waals surface area contributed by atoms with Gasteiger partial charge in [0, 0.05) is 59.0 Å². The topological polar surface area (TPSA) is 57.6 Å². The van der Waals surface area contributed by atoms with Crippen LogP contribution in [0.25, 0.3) is 0 Å². The molecule has 2 aliphatic rings. The normalized spacial score (nSPS) is 19.9. The lowest BCUT2D eigenvalue weighted by molar-refractivity contribution is 0.0553. The highest BCUT2D eigenvalue weighted by atomic mass is 16.5. The van der Waals surface area contributed by atoms with E-state index in [0.29, 0.717) is 18.3 Å². The number of methoxy groups -OCH3 is 2. The monoisotopic (exact) mass is 449 g/mol. The molecule has 1 aliphatic carbocycles. The number of aliphatic hydroxyl groups excluding tert-OH is 1. The van der Waals surface area contributed by atoms with Crippen molar-refractivity contribution in [2.75, 3.05) is 73.7 Å². The van der Waals surface area contributed by atoms with Crippen LogP contribution in [0.5, 0.6) is 11.5 Å². The van der Waals surface area contributed by atoms with E-state index >= 15 is 0 Å². The van der Waals surface area contributed by atoms with Gasteiger partial charge in [0.25, 0.3) is 0 Å². The molecule has 0 amide bonds. The van der Waals surface area contributed by atoms with Crippen LogP contribution < -0.4 is 9.47 Å². The van der Waals surface area contributed by atoms with Gasteiger partial charge in [-0.05, 0) is 37.6 Å². The van der Waals surface area contributed by atoms with Gasteiger partial charge in [-0.3, -0.25) is 9.80 Å². The van der Waals surface area contributed by atoms with Crippen molar-refractivity contribution in [3.05, 3.63) is 23.8 Å². The summed E-state index contributed by atoms with van der Waals surface area (Å²) in [4.78, 5) is 7.22. The van der Waals surface area contributed by atoms with Gasteiger partial charge < -0.3 is 24.2 Å². The van der Waals surface area contributed by atoms with Gasteiger partial charge >= 0.3 is 0 Å². The largest absolute Gasteiger partial charge is 0.493 e. The number of hydrogen-bond acceptors (Lipinski definition) is 7. The Balaban J connectivity index is 1.44. The van der Waals surface area contributed by atoms with Gasteiger partial charge in [0.2, 0.25) is 0 Å². The number of nitrogens with zero attached hydrogens (tertiary/aromatic N) is 3. The second kappa shape index (κ2) is 13.4. The zero-order valence-electron chi connectivity index (χ0n) is 20.3. The molecule has 3 rings (SSSR count). The van der Waals surface area contributed by atoms with Gasteiger partial charge in [-0.15, -0.1) is 0 Å². The molecule has 32 heavy (non-hydrogen) atoms. The van der Waals surface area contributed by atoms with E-state index in [9.17, 15) is 5.11 Å². The summed E-state index contributed by atoms with van der Waals surface area (Å²) >= 11 is 0. The standard InChI is InChI=1S/C25H43N3O4/c1-26(22-7-5-4-6-8-22)19-23(29)20-32-24-10-9-21(17-25(24)31-3)18-28-13-11-27(12-14-28)15-16-30-2/h9-10,17,22-23,29H,4-8,11-16,18-20H2,1-3H3/t23-/m1/s1. The zero-order valence-corrected chi connectivity index (χ0v) is 20.3. The second-order valence-corrected chi connectivity index (χ2v) is 9.29. The predicted octanol–water partition coefficient (Wildman–Crippen LogP) is 2.46. The smallest absolute Gasteiger partial charge is 0.161 e. The second-order valence-electron chi connectivity index (χ2n) is 9.29. The molecule has 1 saturated carbocycles. The lowest BCUT2D eigenvalue weighted by atomic mass is 9.94. The number of rotatable bonds is 12. The molecule has 1 saturated heterocycles. The fourth-order valence-electron chi connectivity index (χ4n) is 4.82. The summed E-state index contributed by atoms with van der Waals surface area (Å²) < 4.78 is 16.7. The van der Waals surface area contributed by atoms with E-state index in [4.69, 9.17) is 14.2 Å². The number of hydrogen-bond donors (Lipinski definition) is 1. The Morgan fingerprint density at radius 1 is 1.03 bits per heavy atom. The zero-order chi connectivity index (χ0) is 22.8. The van der Waals surface area contributed by atoms with E-state index in [-0.39, 0.29) is 6.61 Å². The maximum absolute atomic E-state index is 10.5. The SMILES string of the molecule is COCCN1CCN(Cc2ccc(OC[C@H](O)CN(C)C3CCCCC3)c(OC)c2)CC1. The van der Waals surface area contributed by atoms with Crippen LogP contribution in [0.4, 0.5) is 0 Å². The Hall–Kier alpha value is -1.38. The van der Waals surface area contributed by atoms with Crippen LogP contribution in [-0.2, 0) is 11.3 Å². The van der Waals surface area contributed by atoms with Crippen molar-refractivity contribution in [2.45, 2.75) is 50.8 Å². The van der Waals surface area contributed by atoms with Crippen molar-refractivity contribution in [3.8, 4) is 11.5 Å². The van der Waals surface area contributed by atoms with Crippen molar-refractivity contribution in [1.29, 1.82) is 0 Å². The summed E-state index contributed by atoms with van der Waals surface area (Å²) in [5.74, 6) is 1.43. The summed E-state index contributed by atoms with van der Waals surface area (Å²) in [6.45, 7) is 7.90. The van der Waals surface area contributed by atoms with Crippen LogP contribution in [0.1, 0.15) is 37.7 Å². The average Bonchev–Trinajstić information content (AvgIpc) is 2.83. The Kier molecular flexibility index (Phi) is 10.5. The van der Waals surface area contributed by atoms with Gasteiger partial charge in [0.1, 0.15) is 12.7 Å². The summed E-state index contributed by atoms with van der Waals surface area (Å²) in [6, 6.07) is 6.73. The third kappa shape index (κ3) is 7.89. The summed E-state index contributed by atoms with van der Waals surface area (Å²) in [7, 11) is 5.55. The number of piperazine rings is 1. The Bertz CT molecular complexity index is 661. The summed E-state index contributed by atoms with van der Waals surface area (Å²) in [5.41, 5.74) is 1.22. The molecule has 1 atom stereocenters. The molecule has 0 radical (unpaired) electrons. The van der Waals surface area contributed by atoms with Crippen LogP contribution in [-0.4, -0.2) is 106 Å². The fourth-order valence-corrected chi connectivity index (χ4v) is 4.82. The van der Waals surface area contributed by atoms with Crippen LogP contribution in [0.3, 0.4) is 0 Å². The molecule has 182 valence electrons. The molecule has 0 unspecified atom stereocenters. The van der Waals surface area contributed by atoms with E-state index in [0.717, 1.165) is 51.6 Å². The molecule has 0 spiro atoms. The molecule has 1 aliphatic heterocycles. The number of likely N-dealkylation sites (N-methyl/N-ethyl adjacent to an activating group) is 1. The van der Waals surface area contributed by atoms with Crippen molar-refractivity contribution < 1.29 is 19.3 Å². The van der Waals surface area contributed by atoms with Crippen LogP contribution in [0, 0.1) is 0 Å². The summed E-state index contributed by atoms with van der Waals surface area (Å²) in [5, 5.41) is 10.5. The van der Waals surface area contributed by atoms with E-state index in [2.05, 4.69) is 33.9 Å². The molecular formula is C25H43N3O4. The van der Waals surface area contributed by atoms with E-state index in [1.807, 2.05) is 6.07 Å². The van der Waals surface area contributed by atoms with Gasteiger partial charge in [-0.25, -0.2) is 0 Å². The maximum atomic E-state index is 10.5. The molecule has 2 fully saturated rings. The average molecular weight is 450 g/mol. The first-order chi connectivity index (χ1) is 15.6. The van der Waals surface area contributed by atoms with Gasteiger partial charge in [-0.1, -0.05) is 25.3 Å². The quantitative estimate of drug-likeness (QED) is 0.526. The van der Waals surface area contributed by atoms with Crippen molar-refractivity contribution >= 4 is 0 Å². The molecule has 0 bridgehead atoms. The Labute approximate surface area is 194 Å². The Morgan fingerprint density at radius 2 is 1.75 bits per heavy atom. The summed E-state index contributed by atoms with van der Waals surface area (Å²) in [6.07, 6.45) is 5.91. The molecule has 1 heterocycles. The predicted molar refractivity (Wildman–Crippen MR) is 128 cm³/mol.